The smallest absolute Gasteiger partial charge is 0.343 e. The van der Waals surface area contributed by atoms with E-state index in [2.05, 4.69) is 26.0 Å². The molecule has 0 radical (unpaired) electrons. The third kappa shape index (κ3) is 22.8. The van der Waals surface area contributed by atoms with Crippen LogP contribution in [-0.2, 0) is 39.0 Å². The SMILES string of the molecule is [CH2-]CCCC[CH2-].[Zn+2].[Zn+2].[c-]1ccccc1.[c-]1ccccc1. The molecule has 0 atom stereocenters. The Morgan fingerprint density at radius 1 is 0.550 bits per heavy atom. The summed E-state index contributed by atoms with van der Waals surface area (Å²) in [5, 5.41) is 0. The Bertz CT molecular complexity index is 233. The number of hydrogen-bond acceptors (Lipinski definition) is 0. The fraction of sp³-hybridized carbons (Fsp3) is 0.222. The van der Waals surface area contributed by atoms with Crippen LogP contribution in [0, 0.1) is 26.0 Å². The minimum Gasteiger partial charge on any atom is -0.343 e. The summed E-state index contributed by atoms with van der Waals surface area (Å²) >= 11 is 0. The van der Waals surface area contributed by atoms with Crippen LogP contribution in [-0.4, -0.2) is 0 Å². The molecule has 2 rings (SSSR count). The summed E-state index contributed by atoms with van der Waals surface area (Å²) in [6.07, 6.45) is 4.61. The maximum Gasteiger partial charge on any atom is 2.00 e. The van der Waals surface area contributed by atoms with Crippen molar-refractivity contribution in [2.45, 2.75) is 25.7 Å². The molecule has 98 valence electrons. The molecular weight excluding hydrogens is 347 g/mol. The van der Waals surface area contributed by atoms with Crippen LogP contribution in [0.3, 0.4) is 0 Å². The summed E-state index contributed by atoms with van der Waals surface area (Å²) in [6.45, 7) is 7.39. The Morgan fingerprint density at radius 3 is 0.950 bits per heavy atom. The molecule has 0 aliphatic rings. The second kappa shape index (κ2) is 23.8. The van der Waals surface area contributed by atoms with Crippen LogP contribution in [0.5, 0.6) is 0 Å². The van der Waals surface area contributed by atoms with Crippen molar-refractivity contribution >= 4 is 0 Å². The first kappa shape index (κ1) is 24.7. The van der Waals surface area contributed by atoms with Crippen molar-refractivity contribution in [3.05, 3.63) is 86.6 Å². The first-order valence-electron chi connectivity index (χ1n) is 6.32. The summed E-state index contributed by atoms with van der Waals surface area (Å²) in [7, 11) is 0. The van der Waals surface area contributed by atoms with E-state index >= 15 is 0 Å². The molecular formula is C18H22Zn2. The van der Waals surface area contributed by atoms with Crippen LogP contribution in [0.15, 0.2) is 60.7 Å². The van der Waals surface area contributed by atoms with Gasteiger partial charge in [-0.3, -0.25) is 0 Å². The second-order valence-corrected chi connectivity index (χ2v) is 3.57. The van der Waals surface area contributed by atoms with Crippen LogP contribution in [0.2, 0.25) is 0 Å². The van der Waals surface area contributed by atoms with Gasteiger partial charge in [0.2, 0.25) is 0 Å². The van der Waals surface area contributed by atoms with Gasteiger partial charge in [0.25, 0.3) is 0 Å². The molecule has 0 amide bonds. The summed E-state index contributed by atoms with van der Waals surface area (Å²) in [6, 6.07) is 25.0. The number of benzene rings is 2. The van der Waals surface area contributed by atoms with E-state index in [1.807, 2.05) is 60.7 Å². The summed E-state index contributed by atoms with van der Waals surface area (Å²) < 4.78 is 0. The molecule has 0 heterocycles. The monoisotopic (exact) mass is 366 g/mol. The number of hydrogen-bond donors (Lipinski definition) is 0. The Labute approximate surface area is 150 Å². The van der Waals surface area contributed by atoms with E-state index in [0.717, 1.165) is 12.8 Å². The quantitative estimate of drug-likeness (QED) is 0.397. The molecule has 0 bridgehead atoms. The van der Waals surface area contributed by atoms with Crippen molar-refractivity contribution in [2.75, 3.05) is 0 Å². The van der Waals surface area contributed by atoms with Crippen molar-refractivity contribution < 1.29 is 39.0 Å². The predicted octanol–water partition coefficient (Wildman–Crippen LogP) is 5.18. The topological polar surface area (TPSA) is 0 Å². The molecule has 2 aromatic rings. The van der Waals surface area contributed by atoms with Crippen LogP contribution in [0.4, 0.5) is 0 Å². The van der Waals surface area contributed by atoms with E-state index in [4.69, 9.17) is 0 Å². The van der Waals surface area contributed by atoms with Crippen molar-refractivity contribution in [1.82, 2.24) is 0 Å². The van der Waals surface area contributed by atoms with Gasteiger partial charge in [-0.05, 0) is 0 Å². The minimum absolute atomic E-state index is 0. The average Bonchev–Trinajstić information content (AvgIpc) is 2.50. The minimum atomic E-state index is 0. The van der Waals surface area contributed by atoms with Gasteiger partial charge in [0.1, 0.15) is 0 Å². The molecule has 2 aromatic carbocycles. The van der Waals surface area contributed by atoms with Gasteiger partial charge in [-0.1, -0.05) is 12.8 Å². The van der Waals surface area contributed by atoms with E-state index in [1.165, 1.54) is 12.8 Å². The summed E-state index contributed by atoms with van der Waals surface area (Å²) in [5.74, 6) is 0. The van der Waals surface area contributed by atoms with E-state index in [9.17, 15) is 0 Å². The van der Waals surface area contributed by atoms with Gasteiger partial charge < -0.3 is 13.8 Å². The van der Waals surface area contributed by atoms with E-state index in [0.29, 0.717) is 0 Å². The fourth-order valence-corrected chi connectivity index (χ4v) is 1.04. The zero-order chi connectivity index (χ0) is 13.3. The van der Waals surface area contributed by atoms with Gasteiger partial charge in [0.15, 0.2) is 0 Å². The van der Waals surface area contributed by atoms with E-state index in [1.54, 1.807) is 0 Å². The van der Waals surface area contributed by atoms with Crippen LogP contribution in [0.1, 0.15) is 25.7 Å². The van der Waals surface area contributed by atoms with Crippen molar-refractivity contribution in [2.24, 2.45) is 0 Å². The molecule has 0 nitrogen and oxygen atoms in total. The zero-order valence-corrected chi connectivity index (χ0v) is 18.4. The van der Waals surface area contributed by atoms with Crippen molar-refractivity contribution in [3.8, 4) is 0 Å². The molecule has 0 saturated heterocycles. The molecule has 0 aliphatic carbocycles. The first-order valence-corrected chi connectivity index (χ1v) is 6.32. The molecule has 20 heavy (non-hydrogen) atoms. The number of rotatable bonds is 3. The maximum absolute atomic E-state index is 3.70. The molecule has 0 saturated carbocycles. The third-order valence-electron chi connectivity index (χ3n) is 1.96. The summed E-state index contributed by atoms with van der Waals surface area (Å²) in [5.41, 5.74) is 0. The zero-order valence-electron chi connectivity index (χ0n) is 12.4. The van der Waals surface area contributed by atoms with Crippen molar-refractivity contribution in [3.63, 3.8) is 0 Å². The molecule has 2 heteroatoms. The first-order chi connectivity index (χ1) is 8.91. The predicted molar refractivity (Wildman–Crippen MR) is 79.7 cm³/mol. The molecule has 0 unspecified atom stereocenters. The van der Waals surface area contributed by atoms with Crippen LogP contribution in [0.25, 0.3) is 0 Å². The molecule has 0 spiro atoms. The largest absolute Gasteiger partial charge is 2.00 e. The molecule has 0 fully saturated rings. The Kier molecular flexibility index (Phi) is 29.3. The van der Waals surface area contributed by atoms with Gasteiger partial charge in [0, 0.05) is 0 Å². The fourth-order valence-electron chi connectivity index (χ4n) is 1.04. The van der Waals surface area contributed by atoms with Crippen LogP contribution >= 0.6 is 0 Å². The number of unbranched alkanes of at least 4 members (excludes halogenated alkanes) is 3. The van der Waals surface area contributed by atoms with Gasteiger partial charge in [-0.25, -0.2) is 0 Å². The summed E-state index contributed by atoms with van der Waals surface area (Å²) in [4.78, 5) is 0. The van der Waals surface area contributed by atoms with Gasteiger partial charge in [-0.2, -0.15) is 85.6 Å². The van der Waals surface area contributed by atoms with Gasteiger partial charge in [-0.15, -0.1) is 0 Å². The van der Waals surface area contributed by atoms with Gasteiger partial charge in [0.05, 0.1) is 0 Å². The molecule has 0 N–H and O–H groups in total. The second-order valence-electron chi connectivity index (χ2n) is 3.57. The van der Waals surface area contributed by atoms with Crippen molar-refractivity contribution in [1.29, 1.82) is 0 Å². The average molecular weight is 369 g/mol. The molecule has 0 aromatic heterocycles. The van der Waals surface area contributed by atoms with Gasteiger partial charge >= 0.3 is 39.0 Å². The molecule has 0 aliphatic heterocycles. The van der Waals surface area contributed by atoms with Crippen LogP contribution < -0.4 is 0 Å². The van der Waals surface area contributed by atoms with E-state index < -0.39 is 0 Å². The maximum atomic E-state index is 3.70. The Hall–Kier alpha value is -0.313. The Morgan fingerprint density at radius 2 is 0.850 bits per heavy atom. The standard InChI is InChI=1S/2C6H5.C6H12.2Zn/c2*1-2-4-6-5-3-1;1-3-5-6-4-2;;/h2*1-5H;1-6H2;;/q2*-1;-2;2*+2. The third-order valence-corrected chi connectivity index (χ3v) is 1.96. The Balaban J connectivity index is -0.000000206. The normalized spacial score (nSPS) is 7.50. The van der Waals surface area contributed by atoms with E-state index in [-0.39, 0.29) is 39.0 Å².